The fraction of sp³-hybridized carbons (Fsp3) is 0.417. The quantitative estimate of drug-likeness (QED) is 0.896. The minimum absolute atomic E-state index is 0.130. The zero-order valence-corrected chi connectivity index (χ0v) is 11.2. The molecule has 0 radical (unpaired) electrons. The number of likely N-dealkylation sites (N-methyl/N-ethyl adjacent to an activating group) is 1. The van der Waals surface area contributed by atoms with Crippen LogP contribution in [0.5, 0.6) is 0 Å². The van der Waals surface area contributed by atoms with Gasteiger partial charge in [0.1, 0.15) is 5.54 Å². The number of carbonyl (C=O) groups is 1. The molecule has 1 saturated carbocycles. The van der Waals surface area contributed by atoms with E-state index in [1.165, 1.54) is 21.8 Å². The summed E-state index contributed by atoms with van der Waals surface area (Å²) in [5.74, 6) is -0.802. The van der Waals surface area contributed by atoms with E-state index in [-0.39, 0.29) is 5.56 Å². The number of hydrogen-bond donors (Lipinski definition) is 1. The molecule has 0 saturated heterocycles. The molecule has 1 aliphatic carbocycles. The topological polar surface area (TPSA) is 74.9 Å². The van der Waals surface area contributed by atoms with Crippen molar-refractivity contribution in [3.8, 4) is 0 Å². The Labute approximate surface area is 112 Å². The first kappa shape index (κ1) is 12.3. The maximum Gasteiger partial charge on any atom is 0.324 e. The molecule has 0 atom stereocenters. The number of aliphatic carboxylic acids is 1. The van der Waals surface area contributed by atoms with Gasteiger partial charge in [-0.15, -0.1) is 11.3 Å². The van der Waals surface area contributed by atoms with Crippen LogP contribution in [0.3, 0.4) is 0 Å². The van der Waals surface area contributed by atoms with Crippen LogP contribution >= 0.6 is 11.3 Å². The first-order valence-electron chi connectivity index (χ1n) is 5.93. The second-order valence-corrected chi connectivity index (χ2v) is 5.71. The third-order valence-electron chi connectivity index (χ3n) is 3.61. The number of hydrogen-bond acceptors (Lipinski definition) is 5. The number of carboxylic acid groups (broad SMARTS) is 1. The van der Waals surface area contributed by atoms with E-state index < -0.39 is 11.5 Å². The molecule has 2 heterocycles. The number of nitrogens with zero attached hydrogens (tertiary/aromatic N) is 3. The van der Waals surface area contributed by atoms with Gasteiger partial charge in [0, 0.05) is 24.2 Å². The van der Waals surface area contributed by atoms with Gasteiger partial charge in [-0.3, -0.25) is 18.9 Å². The zero-order chi connectivity index (χ0) is 13.6. The summed E-state index contributed by atoms with van der Waals surface area (Å²) in [5.41, 5.74) is -0.278. The third kappa shape index (κ3) is 1.95. The maximum atomic E-state index is 11.8. The molecule has 6 nitrogen and oxygen atoms in total. The van der Waals surface area contributed by atoms with Gasteiger partial charge in [0.2, 0.25) is 0 Å². The predicted octanol–water partition coefficient (Wildman–Crippen LogP) is 0.805. The van der Waals surface area contributed by atoms with E-state index in [1.54, 1.807) is 23.5 Å². The van der Waals surface area contributed by atoms with Crippen molar-refractivity contribution in [3.05, 3.63) is 33.7 Å². The molecule has 7 heteroatoms. The highest BCUT2D eigenvalue weighted by atomic mass is 32.1. The average Bonchev–Trinajstić information content (AvgIpc) is 3.03. The maximum absolute atomic E-state index is 11.8. The largest absolute Gasteiger partial charge is 0.480 e. The van der Waals surface area contributed by atoms with Gasteiger partial charge < -0.3 is 5.11 Å². The van der Waals surface area contributed by atoms with Crippen LogP contribution in [-0.4, -0.2) is 37.9 Å². The van der Waals surface area contributed by atoms with Gasteiger partial charge in [-0.25, -0.2) is 4.98 Å². The van der Waals surface area contributed by atoms with E-state index >= 15 is 0 Å². The molecule has 0 aliphatic heterocycles. The summed E-state index contributed by atoms with van der Waals surface area (Å²) in [7, 11) is 1.76. The number of carboxylic acids is 1. The standard InChI is InChI=1S/C12H13N3O3S/c1-14(12(2-3-12)10(17)18)7-8-6-9(16)15-4-5-19-11(15)13-8/h4-6H,2-3,7H2,1H3,(H,17,18). The van der Waals surface area contributed by atoms with Crippen LogP contribution in [0.2, 0.25) is 0 Å². The molecule has 2 aromatic heterocycles. The van der Waals surface area contributed by atoms with Gasteiger partial charge in [-0.1, -0.05) is 0 Å². The first-order valence-corrected chi connectivity index (χ1v) is 6.81. The smallest absolute Gasteiger partial charge is 0.324 e. The summed E-state index contributed by atoms with van der Waals surface area (Å²) in [6.07, 6.45) is 2.99. The molecule has 0 amide bonds. The number of rotatable bonds is 4. The molecule has 3 rings (SSSR count). The Kier molecular flexibility index (Phi) is 2.68. The molecule has 100 valence electrons. The highest BCUT2D eigenvalue weighted by molar-refractivity contribution is 7.15. The highest BCUT2D eigenvalue weighted by Crippen LogP contribution is 2.41. The molecule has 0 bridgehead atoms. The molecule has 0 spiro atoms. The summed E-state index contributed by atoms with van der Waals surface area (Å²) in [5, 5.41) is 11.0. The number of thiazole rings is 1. The molecule has 1 N–H and O–H groups in total. The normalized spacial score (nSPS) is 16.9. The molecular weight excluding hydrogens is 266 g/mol. The van der Waals surface area contributed by atoms with Crippen molar-refractivity contribution in [3.63, 3.8) is 0 Å². The van der Waals surface area contributed by atoms with E-state index in [4.69, 9.17) is 0 Å². The fourth-order valence-corrected chi connectivity index (χ4v) is 2.98. The van der Waals surface area contributed by atoms with Gasteiger partial charge >= 0.3 is 5.97 Å². The van der Waals surface area contributed by atoms with Crippen molar-refractivity contribution in [2.45, 2.75) is 24.9 Å². The van der Waals surface area contributed by atoms with E-state index in [0.717, 1.165) is 0 Å². The minimum Gasteiger partial charge on any atom is -0.480 e. The predicted molar refractivity (Wildman–Crippen MR) is 70.4 cm³/mol. The minimum atomic E-state index is -0.802. The van der Waals surface area contributed by atoms with Gasteiger partial charge in [-0.2, -0.15) is 0 Å². The van der Waals surface area contributed by atoms with E-state index in [2.05, 4.69) is 4.98 Å². The summed E-state index contributed by atoms with van der Waals surface area (Å²) in [6.45, 7) is 0.371. The Balaban J connectivity index is 1.89. The molecule has 1 aliphatic rings. The summed E-state index contributed by atoms with van der Waals surface area (Å²) in [6, 6.07) is 1.47. The van der Waals surface area contributed by atoms with Crippen LogP contribution in [0.4, 0.5) is 0 Å². The molecule has 2 aromatic rings. The number of aromatic nitrogens is 2. The van der Waals surface area contributed by atoms with E-state index in [9.17, 15) is 14.7 Å². The SMILES string of the molecule is CN(Cc1cc(=O)n2ccsc2n1)C1(C(=O)O)CC1. The lowest BCUT2D eigenvalue weighted by atomic mass is 10.2. The molecular formula is C12H13N3O3S. The average molecular weight is 279 g/mol. The summed E-state index contributed by atoms with van der Waals surface area (Å²) >= 11 is 1.39. The lowest BCUT2D eigenvalue weighted by Crippen LogP contribution is -2.40. The highest BCUT2D eigenvalue weighted by Gasteiger charge is 2.53. The molecule has 0 aromatic carbocycles. The van der Waals surface area contributed by atoms with Crippen molar-refractivity contribution < 1.29 is 9.90 Å². The second kappa shape index (κ2) is 4.14. The Morgan fingerprint density at radius 2 is 2.37 bits per heavy atom. The third-order valence-corrected chi connectivity index (χ3v) is 4.36. The van der Waals surface area contributed by atoms with Crippen LogP contribution < -0.4 is 5.56 Å². The number of fused-ring (bicyclic) bond motifs is 1. The Bertz CT molecular complexity index is 702. The van der Waals surface area contributed by atoms with Gasteiger partial charge in [0.15, 0.2) is 4.96 Å². The van der Waals surface area contributed by atoms with Gasteiger partial charge in [0.25, 0.3) is 5.56 Å². The van der Waals surface area contributed by atoms with Crippen molar-refractivity contribution in [2.24, 2.45) is 0 Å². The van der Waals surface area contributed by atoms with Crippen LogP contribution in [0.1, 0.15) is 18.5 Å². The van der Waals surface area contributed by atoms with Crippen molar-refractivity contribution in [1.29, 1.82) is 0 Å². The van der Waals surface area contributed by atoms with Crippen LogP contribution in [-0.2, 0) is 11.3 Å². The monoisotopic (exact) mass is 279 g/mol. The lowest BCUT2D eigenvalue weighted by Gasteiger charge is -2.23. The van der Waals surface area contributed by atoms with Crippen LogP contribution in [0, 0.1) is 0 Å². The Hall–Kier alpha value is -1.73. The molecule has 0 unspecified atom stereocenters. The zero-order valence-electron chi connectivity index (χ0n) is 10.4. The molecule has 1 fully saturated rings. The molecule has 19 heavy (non-hydrogen) atoms. The van der Waals surface area contributed by atoms with Crippen molar-refractivity contribution >= 4 is 22.3 Å². The van der Waals surface area contributed by atoms with Crippen LogP contribution in [0.25, 0.3) is 4.96 Å². The summed E-state index contributed by atoms with van der Waals surface area (Å²) in [4.78, 5) is 29.8. The van der Waals surface area contributed by atoms with Crippen LogP contribution in [0.15, 0.2) is 22.4 Å². The van der Waals surface area contributed by atoms with Gasteiger partial charge in [0.05, 0.1) is 5.69 Å². The Morgan fingerprint density at radius 3 is 3.00 bits per heavy atom. The van der Waals surface area contributed by atoms with Crippen molar-refractivity contribution in [1.82, 2.24) is 14.3 Å². The van der Waals surface area contributed by atoms with E-state index in [0.29, 0.717) is 30.0 Å². The summed E-state index contributed by atoms with van der Waals surface area (Å²) < 4.78 is 1.48. The first-order chi connectivity index (χ1) is 9.03. The fourth-order valence-electron chi connectivity index (χ4n) is 2.24. The van der Waals surface area contributed by atoms with E-state index in [1.807, 2.05) is 0 Å². The lowest BCUT2D eigenvalue weighted by molar-refractivity contribution is -0.144. The second-order valence-electron chi connectivity index (χ2n) is 4.83. The Morgan fingerprint density at radius 1 is 1.63 bits per heavy atom. The van der Waals surface area contributed by atoms with Gasteiger partial charge in [-0.05, 0) is 19.9 Å². The van der Waals surface area contributed by atoms with Crippen molar-refractivity contribution in [2.75, 3.05) is 7.05 Å².